The maximum atomic E-state index is 12.4. The molecular weight excluding hydrogens is 234 g/mol. The van der Waals surface area contributed by atoms with Crippen LogP contribution in [0, 0.1) is 11.8 Å². The molecule has 0 aliphatic carbocycles. The first kappa shape index (κ1) is 13.3. The number of hydrogen-bond acceptors (Lipinski definition) is 3. The molecule has 2 saturated heterocycles. The average Bonchev–Trinajstić information content (AvgIpc) is 2.86. The van der Waals surface area contributed by atoms with Gasteiger partial charge in [0.15, 0.2) is 0 Å². The number of hydrogen-bond donors (Lipinski definition) is 1. The van der Waals surface area contributed by atoms with E-state index in [0.29, 0.717) is 26.1 Å². The van der Waals surface area contributed by atoms with E-state index in [0.717, 1.165) is 19.3 Å². The number of carbonyl (C=O) groups excluding carboxylic acids is 1. The number of nitrogens with zero attached hydrogens (tertiary/aromatic N) is 1. The van der Waals surface area contributed by atoms with Crippen molar-refractivity contribution in [2.45, 2.75) is 38.7 Å². The summed E-state index contributed by atoms with van der Waals surface area (Å²) in [5.41, 5.74) is 0. The Labute approximate surface area is 107 Å². The lowest BCUT2D eigenvalue weighted by molar-refractivity contribution is -0.147. The molecule has 0 aromatic carbocycles. The van der Waals surface area contributed by atoms with Crippen molar-refractivity contribution in [1.82, 2.24) is 4.90 Å². The molecule has 2 aliphatic heterocycles. The molecule has 1 N–H and O–H groups in total. The van der Waals surface area contributed by atoms with Crippen molar-refractivity contribution < 1.29 is 19.4 Å². The Morgan fingerprint density at radius 1 is 1.39 bits per heavy atom. The summed E-state index contributed by atoms with van der Waals surface area (Å²) in [6, 6.07) is 0. The Hall–Kier alpha value is -1.10. The van der Waals surface area contributed by atoms with Gasteiger partial charge in [-0.3, -0.25) is 9.59 Å². The van der Waals surface area contributed by atoms with Gasteiger partial charge in [-0.05, 0) is 25.7 Å². The van der Waals surface area contributed by atoms with E-state index in [-0.39, 0.29) is 17.9 Å². The van der Waals surface area contributed by atoms with Gasteiger partial charge in [0.25, 0.3) is 0 Å². The standard InChI is InChI=1S/C13H21NO4/c1-2-11-10(5-7-18-11)12(15)14-6-3-4-9(8-14)13(16)17/h9-11H,2-8H2,1H3,(H,16,17). The molecule has 5 nitrogen and oxygen atoms in total. The molecule has 0 aromatic rings. The molecule has 3 atom stereocenters. The Bertz CT molecular complexity index is 331. The monoisotopic (exact) mass is 255 g/mol. The first-order valence-electron chi connectivity index (χ1n) is 6.76. The van der Waals surface area contributed by atoms with E-state index in [4.69, 9.17) is 9.84 Å². The second kappa shape index (κ2) is 5.69. The average molecular weight is 255 g/mol. The second-order valence-corrected chi connectivity index (χ2v) is 5.17. The van der Waals surface area contributed by atoms with Gasteiger partial charge in [-0.1, -0.05) is 6.92 Å². The van der Waals surface area contributed by atoms with Crippen LogP contribution in [0.2, 0.25) is 0 Å². The molecule has 5 heteroatoms. The van der Waals surface area contributed by atoms with Gasteiger partial charge in [0.05, 0.1) is 17.9 Å². The first-order chi connectivity index (χ1) is 8.63. The third-order valence-corrected chi connectivity index (χ3v) is 4.01. The predicted molar refractivity (Wildman–Crippen MR) is 65.1 cm³/mol. The summed E-state index contributed by atoms with van der Waals surface area (Å²) in [5, 5.41) is 9.04. The zero-order chi connectivity index (χ0) is 13.1. The number of amides is 1. The van der Waals surface area contributed by atoms with Crippen LogP contribution in [0.5, 0.6) is 0 Å². The van der Waals surface area contributed by atoms with Crippen molar-refractivity contribution in [3.8, 4) is 0 Å². The maximum absolute atomic E-state index is 12.4. The fourth-order valence-electron chi connectivity index (χ4n) is 2.95. The van der Waals surface area contributed by atoms with Gasteiger partial charge in [-0.15, -0.1) is 0 Å². The Kier molecular flexibility index (Phi) is 4.22. The highest BCUT2D eigenvalue weighted by molar-refractivity contribution is 5.81. The van der Waals surface area contributed by atoms with E-state index in [2.05, 4.69) is 0 Å². The number of rotatable bonds is 3. The van der Waals surface area contributed by atoms with Crippen LogP contribution >= 0.6 is 0 Å². The van der Waals surface area contributed by atoms with Crippen LogP contribution < -0.4 is 0 Å². The first-order valence-corrected chi connectivity index (χ1v) is 6.76. The van der Waals surface area contributed by atoms with Gasteiger partial charge >= 0.3 is 5.97 Å². The second-order valence-electron chi connectivity index (χ2n) is 5.17. The van der Waals surface area contributed by atoms with E-state index < -0.39 is 11.9 Å². The zero-order valence-electron chi connectivity index (χ0n) is 10.8. The van der Waals surface area contributed by atoms with Crippen LogP contribution in [0.4, 0.5) is 0 Å². The minimum absolute atomic E-state index is 0.0164. The molecular formula is C13H21NO4. The van der Waals surface area contributed by atoms with Crippen molar-refractivity contribution in [3.63, 3.8) is 0 Å². The van der Waals surface area contributed by atoms with Crippen LogP contribution in [0.1, 0.15) is 32.6 Å². The summed E-state index contributed by atoms with van der Waals surface area (Å²) in [7, 11) is 0. The number of carboxylic acid groups (broad SMARTS) is 1. The lowest BCUT2D eigenvalue weighted by Crippen LogP contribution is -2.46. The van der Waals surface area contributed by atoms with Crippen LogP contribution in [-0.2, 0) is 14.3 Å². The molecule has 0 saturated carbocycles. The van der Waals surface area contributed by atoms with Crippen LogP contribution in [0.3, 0.4) is 0 Å². The van der Waals surface area contributed by atoms with Gasteiger partial charge in [0.2, 0.25) is 5.91 Å². The van der Waals surface area contributed by atoms with Crippen molar-refractivity contribution in [1.29, 1.82) is 0 Å². The van der Waals surface area contributed by atoms with Gasteiger partial charge in [0.1, 0.15) is 0 Å². The molecule has 2 aliphatic rings. The molecule has 1 amide bonds. The van der Waals surface area contributed by atoms with Crippen LogP contribution in [0.15, 0.2) is 0 Å². The molecule has 0 bridgehead atoms. The SMILES string of the molecule is CCC1OCCC1C(=O)N1CCCC(C(=O)O)C1. The lowest BCUT2D eigenvalue weighted by atomic mass is 9.93. The molecule has 3 unspecified atom stereocenters. The van der Waals surface area contributed by atoms with Crippen LogP contribution in [-0.4, -0.2) is 47.7 Å². The van der Waals surface area contributed by atoms with Gasteiger partial charge in [0, 0.05) is 19.7 Å². The normalized spacial score (nSPS) is 32.5. The molecule has 0 spiro atoms. The number of ether oxygens (including phenoxy) is 1. The number of aliphatic carboxylic acids is 1. The number of carboxylic acids is 1. The smallest absolute Gasteiger partial charge is 0.308 e. The largest absolute Gasteiger partial charge is 0.481 e. The van der Waals surface area contributed by atoms with Crippen molar-refractivity contribution >= 4 is 11.9 Å². The summed E-state index contributed by atoms with van der Waals surface area (Å²) in [4.78, 5) is 25.1. The fraction of sp³-hybridized carbons (Fsp3) is 0.846. The zero-order valence-corrected chi connectivity index (χ0v) is 10.8. The highest BCUT2D eigenvalue weighted by Gasteiger charge is 2.37. The van der Waals surface area contributed by atoms with E-state index in [9.17, 15) is 9.59 Å². The number of piperidine rings is 1. The van der Waals surface area contributed by atoms with E-state index in [1.807, 2.05) is 6.92 Å². The summed E-state index contributed by atoms with van der Waals surface area (Å²) in [6.07, 6.45) is 3.09. The fourth-order valence-corrected chi connectivity index (χ4v) is 2.95. The van der Waals surface area contributed by atoms with E-state index in [1.54, 1.807) is 4.90 Å². The summed E-state index contributed by atoms with van der Waals surface area (Å²) < 4.78 is 5.54. The van der Waals surface area contributed by atoms with Crippen molar-refractivity contribution in [3.05, 3.63) is 0 Å². The Balaban J connectivity index is 1.98. The molecule has 102 valence electrons. The third-order valence-electron chi connectivity index (χ3n) is 4.01. The number of carbonyl (C=O) groups is 2. The predicted octanol–water partition coefficient (Wildman–Crippen LogP) is 1.12. The molecule has 0 radical (unpaired) electrons. The Morgan fingerprint density at radius 3 is 2.83 bits per heavy atom. The minimum Gasteiger partial charge on any atom is -0.481 e. The van der Waals surface area contributed by atoms with Crippen molar-refractivity contribution in [2.24, 2.45) is 11.8 Å². The highest BCUT2D eigenvalue weighted by atomic mass is 16.5. The highest BCUT2D eigenvalue weighted by Crippen LogP contribution is 2.27. The summed E-state index contributed by atoms with van der Waals surface area (Å²) in [5.74, 6) is -1.17. The molecule has 2 fully saturated rings. The van der Waals surface area contributed by atoms with Crippen molar-refractivity contribution in [2.75, 3.05) is 19.7 Å². The summed E-state index contributed by atoms with van der Waals surface area (Å²) in [6.45, 7) is 3.72. The minimum atomic E-state index is -0.790. The van der Waals surface area contributed by atoms with Gasteiger partial charge < -0.3 is 14.7 Å². The van der Waals surface area contributed by atoms with Crippen LogP contribution in [0.25, 0.3) is 0 Å². The van der Waals surface area contributed by atoms with Gasteiger partial charge in [-0.25, -0.2) is 0 Å². The lowest BCUT2D eigenvalue weighted by Gasteiger charge is -2.33. The molecule has 2 rings (SSSR count). The summed E-state index contributed by atoms with van der Waals surface area (Å²) >= 11 is 0. The number of likely N-dealkylation sites (tertiary alicyclic amines) is 1. The molecule has 18 heavy (non-hydrogen) atoms. The van der Waals surface area contributed by atoms with Gasteiger partial charge in [-0.2, -0.15) is 0 Å². The molecule has 0 aromatic heterocycles. The quantitative estimate of drug-likeness (QED) is 0.820. The van der Waals surface area contributed by atoms with E-state index in [1.165, 1.54) is 0 Å². The Morgan fingerprint density at radius 2 is 2.17 bits per heavy atom. The third kappa shape index (κ3) is 2.66. The molecule has 2 heterocycles. The van der Waals surface area contributed by atoms with E-state index >= 15 is 0 Å². The topological polar surface area (TPSA) is 66.8 Å². The maximum Gasteiger partial charge on any atom is 0.308 e.